The lowest BCUT2D eigenvalue weighted by Gasteiger charge is -2.19. The molecule has 5 heteroatoms. The predicted octanol–water partition coefficient (Wildman–Crippen LogP) is 3.13. The molecule has 0 spiro atoms. The van der Waals surface area contributed by atoms with Crippen molar-refractivity contribution in [1.29, 1.82) is 0 Å². The van der Waals surface area contributed by atoms with Crippen LogP contribution >= 0.6 is 0 Å². The summed E-state index contributed by atoms with van der Waals surface area (Å²) in [5.41, 5.74) is 2.32. The Morgan fingerprint density at radius 2 is 1.86 bits per heavy atom. The summed E-state index contributed by atoms with van der Waals surface area (Å²) in [5, 5.41) is 12.8. The van der Waals surface area contributed by atoms with Gasteiger partial charge in [0, 0.05) is 19.4 Å². The second-order valence-electron chi connectivity index (χ2n) is 6.25. The molecule has 0 fully saturated rings. The quantitative estimate of drug-likeness (QED) is 0.891. The van der Waals surface area contributed by atoms with E-state index in [1.807, 2.05) is 18.2 Å². The first-order chi connectivity index (χ1) is 9.62. The summed E-state index contributed by atoms with van der Waals surface area (Å²) in [6.45, 7) is 7.67. The molecule has 0 unspecified atom stereocenters. The number of benzene rings is 1. The zero-order valence-corrected chi connectivity index (χ0v) is 12.9. The van der Waals surface area contributed by atoms with Crippen LogP contribution in [0.15, 0.2) is 18.2 Å². The normalized spacial score (nSPS) is 11.7. The Balaban J connectivity index is 2.80. The van der Waals surface area contributed by atoms with Crippen molar-refractivity contribution in [2.75, 3.05) is 5.32 Å². The lowest BCUT2D eigenvalue weighted by atomic mass is 9.86. The maximum Gasteiger partial charge on any atom is 0.354 e. The minimum absolute atomic E-state index is 0.0317. The summed E-state index contributed by atoms with van der Waals surface area (Å²) >= 11 is 0. The average molecular weight is 288 g/mol. The van der Waals surface area contributed by atoms with E-state index in [1.165, 1.54) is 6.92 Å². The molecule has 0 radical (unpaired) electrons. The maximum absolute atomic E-state index is 11.5. The van der Waals surface area contributed by atoms with Crippen LogP contribution in [-0.2, 0) is 17.3 Å². The number of hydrogen-bond acceptors (Lipinski definition) is 2. The smallest absolute Gasteiger partial charge is 0.354 e. The fourth-order valence-corrected chi connectivity index (χ4v) is 2.46. The van der Waals surface area contributed by atoms with E-state index in [1.54, 1.807) is 11.6 Å². The molecule has 0 aliphatic heterocycles. The van der Waals surface area contributed by atoms with Crippen LogP contribution in [0.25, 0.3) is 10.9 Å². The summed E-state index contributed by atoms with van der Waals surface area (Å²) in [6, 6.07) is 5.82. The van der Waals surface area contributed by atoms with Gasteiger partial charge < -0.3 is 15.0 Å². The number of nitrogens with zero attached hydrogens (tertiary/aromatic N) is 1. The Kier molecular flexibility index (Phi) is 3.53. The number of carbonyl (C=O) groups is 2. The van der Waals surface area contributed by atoms with Crippen LogP contribution in [0.2, 0.25) is 0 Å². The number of anilines is 1. The van der Waals surface area contributed by atoms with Crippen LogP contribution in [0.5, 0.6) is 0 Å². The van der Waals surface area contributed by atoms with Crippen LogP contribution in [0, 0.1) is 0 Å². The van der Waals surface area contributed by atoms with Crippen molar-refractivity contribution in [3.8, 4) is 0 Å². The Hall–Kier alpha value is -2.30. The molecule has 1 aromatic carbocycles. The van der Waals surface area contributed by atoms with Crippen LogP contribution in [0.4, 0.5) is 5.69 Å². The van der Waals surface area contributed by atoms with Gasteiger partial charge >= 0.3 is 5.97 Å². The first kappa shape index (κ1) is 15.1. The SMILES string of the molecule is CC(=O)Nc1c(C(=O)O)n(C)c2cc(C(C)(C)C)ccc12. The van der Waals surface area contributed by atoms with Crippen LogP contribution in [0.1, 0.15) is 43.7 Å². The molecule has 2 aromatic rings. The third-order valence-corrected chi connectivity index (χ3v) is 3.57. The number of fused-ring (bicyclic) bond motifs is 1. The van der Waals surface area contributed by atoms with E-state index in [9.17, 15) is 14.7 Å². The van der Waals surface area contributed by atoms with Crippen molar-refractivity contribution in [2.45, 2.75) is 33.1 Å². The van der Waals surface area contributed by atoms with E-state index in [0.29, 0.717) is 5.69 Å². The molecule has 0 saturated heterocycles. The van der Waals surface area contributed by atoms with Crippen LogP contribution in [0.3, 0.4) is 0 Å². The average Bonchev–Trinajstić information content (AvgIpc) is 2.60. The Morgan fingerprint density at radius 3 is 2.33 bits per heavy atom. The first-order valence-electron chi connectivity index (χ1n) is 6.76. The van der Waals surface area contributed by atoms with Gasteiger partial charge in [0.25, 0.3) is 0 Å². The molecule has 0 saturated carbocycles. The lowest BCUT2D eigenvalue weighted by molar-refractivity contribution is -0.114. The van der Waals surface area contributed by atoms with Gasteiger partial charge in [0.15, 0.2) is 5.69 Å². The third kappa shape index (κ3) is 2.63. The molecule has 2 rings (SSSR count). The van der Waals surface area contributed by atoms with Gasteiger partial charge in [-0.3, -0.25) is 4.79 Å². The molecular weight excluding hydrogens is 268 g/mol. The first-order valence-corrected chi connectivity index (χ1v) is 6.76. The summed E-state index contributed by atoms with van der Waals surface area (Å²) in [4.78, 5) is 22.9. The van der Waals surface area contributed by atoms with Gasteiger partial charge in [-0.25, -0.2) is 4.79 Å². The Bertz CT molecular complexity index is 736. The fraction of sp³-hybridized carbons (Fsp3) is 0.375. The minimum Gasteiger partial charge on any atom is -0.477 e. The number of amides is 1. The van der Waals surface area contributed by atoms with Crippen molar-refractivity contribution < 1.29 is 14.7 Å². The highest BCUT2D eigenvalue weighted by Crippen LogP contribution is 2.34. The van der Waals surface area contributed by atoms with Crippen LogP contribution in [-0.4, -0.2) is 21.6 Å². The zero-order chi connectivity index (χ0) is 15.9. The fourth-order valence-electron chi connectivity index (χ4n) is 2.46. The van der Waals surface area contributed by atoms with E-state index < -0.39 is 5.97 Å². The van der Waals surface area contributed by atoms with E-state index >= 15 is 0 Å². The maximum atomic E-state index is 11.5. The third-order valence-electron chi connectivity index (χ3n) is 3.57. The Labute approximate surface area is 123 Å². The van der Waals surface area contributed by atoms with Crippen molar-refractivity contribution >= 4 is 28.5 Å². The van der Waals surface area contributed by atoms with Gasteiger partial charge in [-0.15, -0.1) is 0 Å². The monoisotopic (exact) mass is 288 g/mol. The molecule has 0 aliphatic rings. The van der Waals surface area contributed by atoms with E-state index in [0.717, 1.165) is 16.5 Å². The second kappa shape index (κ2) is 4.91. The van der Waals surface area contributed by atoms with E-state index in [-0.39, 0.29) is 17.0 Å². The number of hydrogen-bond donors (Lipinski definition) is 2. The highest BCUT2D eigenvalue weighted by atomic mass is 16.4. The van der Waals surface area contributed by atoms with Gasteiger partial charge in [0.05, 0.1) is 11.2 Å². The number of carboxylic acids is 1. The van der Waals surface area contributed by atoms with Gasteiger partial charge in [0.2, 0.25) is 5.91 Å². The minimum atomic E-state index is -1.06. The lowest BCUT2D eigenvalue weighted by Crippen LogP contribution is -2.12. The number of carboxylic acid groups (broad SMARTS) is 1. The number of nitrogens with one attached hydrogen (secondary N) is 1. The van der Waals surface area contributed by atoms with Crippen molar-refractivity contribution in [2.24, 2.45) is 7.05 Å². The van der Waals surface area contributed by atoms with Gasteiger partial charge in [0.1, 0.15) is 0 Å². The molecule has 1 amide bonds. The molecule has 112 valence electrons. The van der Waals surface area contributed by atoms with Gasteiger partial charge in [-0.1, -0.05) is 32.9 Å². The molecule has 1 heterocycles. The molecule has 0 atom stereocenters. The van der Waals surface area contributed by atoms with Crippen LogP contribution < -0.4 is 5.32 Å². The van der Waals surface area contributed by atoms with E-state index in [4.69, 9.17) is 0 Å². The summed E-state index contributed by atoms with van der Waals surface area (Å²) in [6.07, 6.45) is 0. The number of aromatic nitrogens is 1. The molecule has 0 bridgehead atoms. The van der Waals surface area contributed by atoms with Crippen molar-refractivity contribution in [3.05, 3.63) is 29.5 Å². The highest BCUT2D eigenvalue weighted by molar-refractivity contribution is 6.10. The number of rotatable bonds is 2. The summed E-state index contributed by atoms with van der Waals surface area (Å²) in [5.74, 6) is -1.35. The van der Waals surface area contributed by atoms with Gasteiger partial charge in [-0.2, -0.15) is 0 Å². The topological polar surface area (TPSA) is 71.3 Å². The highest BCUT2D eigenvalue weighted by Gasteiger charge is 2.23. The second-order valence-corrected chi connectivity index (χ2v) is 6.25. The molecule has 1 aromatic heterocycles. The largest absolute Gasteiger partial charge is 0.477 e. The zero-order valence-electron chi connectivity index (χ0n) is 12.9. The molecular formula is C16H20N2O3. The molecule has 2 N–H and O–H groups in total. The summed E-state index contributed by atoms with van der Waals surface area (Å²) < 4.78 is 1.61. The number of aromatic carboxylic acids is 1. The molecule has 21 heavy (non-hydrogen) atoms. The summed E-state index contributed by atoms with van der Waals surface area (Å²) in [7, 11) is 1.70. The molecule has 0 aliphatic carbocycles. The van der Waals surface area contributed by atoms with Crippen molar-refractivity contribution in [1.82, 2.24) is 4.57 Å². The Morgan fingerprint density at radius 1 is 1.24 bits per heavy atom. The standard InChI is InChI=1S/C16H20N2O3/c1-9(19)17-13-11-7-6-10(16(2,3)4)8-12(11)18(5)14(13)15(20)21/h6-8H,1-5H3,(H,17,19)(H,20,21). The van der Waals surface area contributed by atoms with Gasteiger partial charge in [-0.05, 0) is 17.0 Å². The predicted molar refractivity (Wildman–Crippen MR) is 82.9 cm³/mol. The number of aryl methyl sites for hydroxylation is 1. The molecule has 5 nitrogen and oxygen atoms in total. The van der Waals surface area contributed by atoms with E-state index in [2.05, 4.69) is 26.1 Å². The number of carbonyl (C=O) groups excluding carboxylic acids is 1. The van der Waals surface area contributed by atoms with Crippen molar-refractivity contribution in [3.63, 3.8) is 0 Å².